The summed E-state index contributed by atoms with van der Waals surface area (Å²) in [5.74, 6) is 2.65. The average Bonchev–Trinajstić information content (AvgIpc) is 2.79. The highest BCUT2D eigenvalue weighted by Crippen LogP contribution is 2.25. The third-order valence-corrected chi connectivity index (χ3v) is 6.77. The van der Waals surface area contributed by atoms with E-state index in [2.05, 4.69) is 81.5 Å². The van der Waals surface area contributed by atoms with E-state index in [-0.39, 0.29) is 0 Å². The molecule has 2 atom stereocenters. The molecule has 2 aromatic rings. The van der Waals surface area contributed by atoms with Gasteiger partial charge in [0.1, 0.15) is 5.75 Å². The maximum atomic E-state index is 5.94. The summed E-state index contributed by atoms with van der Waals surface area (Å²) in [5, 5.41) is 3.73. The highest BCUT2D eigenvalue weighted by Gasteiger charge is 2.14. The summed E-state index contributed by atoms with van der Waals surface area (Å²) in [6, 6.07) is 18.3. The highest BCUT2D eigenvalue weighted by atomic mass is 32.2. The Morgan fingerprint density at radius 2 is 1.77 bits per heavy atom. The predicted molar refractivity (Wildman–Crippen MR) is 136 cm³/mol. The van der Waals surface area contributed by atoms with Gasteiger partial charge >= 0.3 is 0 Å². The lowest BCUT2D eigenvalue weighted by Crippen LogP contribution is -2.38. The molecule has 0 aliphatic heterocycles. The van der Waals surface area contributed by atoms with Crippen LogP contribution in [-0.2, 0) is 0 Å². The summed E-state index contributed by atoms with van der Waals surface area (Å²) in [6.07, 6.45) is 5.61. The number of nitrogens with one attached hydrogen (secondary N) is 1. The molecule has 0 aliphatic rings. The largest absolute Gasteiger partial charge is 0.494 e. The summed E-state index contributed by atoms with van der Waals surface area (Å²) >= 11 is 1.93. The van der Waals surface area contributed by atoms with Gasteiger partial charge in [0.2, 0.25) is 0 Å². The molecule has 0 aromatic heterocycles. The number of hydrogen-bond acceptors (Lipinski definition) is 4. The van der Waals surface area contributed by atoms with Crippen molar-refractivity contribution in [2.24, 2.45) is 5.73 Å². The number of benzene rings is 2. The van der Waals surface area contributed by atoms with Gasteiger partial charge in [-0.25, -0.2) is 0 Å². The van der Waals surface area contributed by atoms with Crippen molar-refractivity contribution < 1.29 is 4.74 Å². The molecule has 2 rings (SSSR count). The van der Waals surface area contributed by atoms with E-state index in [0.717, 1.165) is 43.8 Å². The SMILES string of the molecule is CCCC(NC(CC)CN)c1ccc(SCCCCOc2cccc(C(C)C)c2)cc1. The minimum Gasteiger partial charge on any atom is -0.494 e. The van der Waals surface area contributed by atoms with E-state index in [4.69, 9.17) is 10.5 Å². The first-order valence-electron chi connectivity index (χ1n) is 12.0. The summed E-state index contributed by atoms with van der Waals surface area (Å²) in [5.41, 5.74) is 8.60. The second-order valence-corrected chi connectivity index (χ2v) is 9.72. The van der Waals surface area contributed by atoms with Crippen molar-refractivity contribution in [1.29, 1.82) is 0 Å². The molecule has 0 bridgehead atoms. The second-order valence-electron chi connectivity index (χ2n) is 8.55. The maximum Gasteiger partial charge on any atom is 0.119 e. The molecule has 0 spiro atoms. The molecule has 172 valence electrons. The molecule has 2 aromatic carbocycles. The Hall–Kier alpha value is -1.49. The van der Waals surface area contributed by atoms with Gasteiger partial charge in [0.05, 0.1) is 6.61 Å². The Kier molecular flexibility index (Phi) is 12.1. The molecule has 4 heteroatoms. The van der Waals surface area contributed by atoms with Gasteiger partial charge in [-0.3, -0.25) is 0 Å². The minimum atomic E-state index is 0.390. The van der Waals surface area contributed by atoms with E-state index in [1.807, 2.05) is 11.8 Å². The van der Waals surface area contributed by atoms with Crippen molar-refractivity contribution in [2.45, 2.75) is 82.7 Å². The van der Waals surface area contributed by atoms with Gasteiger partial charge < -0.3 is 15.8 Å². The molecule has 3 nitrogen and oxygen atoms in total. The third kappa shape index (κ3) is 9.26. The van der Waals surface area contributed by atoms with E-state index >= 15 is 0 Å². The first kappa shape index (κ1) is 25.8. The quantitative estimate of drug-likeness (QED) is 0.232. The van der Waals surface area contributed by atoms with Crippen molar-refractivity contribution in [3.63, 3.8) is 0 Å². The van der Waals surface area contributed by atoms with Crippen LogP contribution >= 0.6 is 11.8 Å². The van der Waals surface area contributed by atoms with Gasteiger partial charge in [-0.05, 0) is 72.7 Å². The van der Waals surface area contributed by atoms with Crippen molar-refractivity contribution in [1.82, 2.24) is 5.32 Å². The topological polar surface area (TPSA) is 47.3 Å². The zero-order chi connectivity index (χ0) is 22.5. The van der Waals surface area contributed by atoms with Crippen LogP contribution in [0.2, 0.25) is 0 Å². The van der Waals surface area contributed by atoms with Gasteiger partial charge in [0.25, 0.3) is 0 Å². The third-order valence-electron chi connectivity index (χ3n) is 5.67. The Morgan fingerprint density at radius 3 is 2.42 bits per heavy atom. The monoisotopic (exact) mass is 442 g/mol. The van der Waals surface area contributed by atoms with Crippen LogP contribution in [0.25, 0.3) is 0 Å². The molecule has 0 aliphatic carbocycles. The Balaban J connectivity index is 1.72. The predicted octanol–water partition coefficient (Wildman–Crippen LogP) is 6.93. The maximum absolute atomic E-state index is 5.94. The lowest BCUT2D eigenvalue weighted by atomic mass is 10.0. The standard InChI is InChI=1S/C27H42N2OS/c1-5-10-27(29-24(6-2)20-28)22-13-15-26(16-14-22)31-18-8-7-17-30-25-12-9-11-23(19-25)21(3)4/h9,11-16,19,21,24,27,29H,5-8,10,17-18,20,28H2,1-4H3. The molecule has 0 amide bonds. The molecule has 31 heavy (non-hydrogen) atoms. The number of rotatable bonds is 15. The molecule has 0 radical (unpaired) electrons. The first-order valence-corrected chi connectivity index (χ1v) is 13.0. The normalized spacial score (nSPS) is 13.4. The van der Waals surface area contributed by atoms with Crippen LogP contribution < -0.4 is 15.8 Å². The van der Waals surface area contributed by atoms with Crippen LogP contribution in [0.1, 0.15) is 82.9 Å². The molecule has 3 N–H and O–H groups in total. The Morgan fingerprint density at radius 1 is 1.00 bits per heavy atom. The minimum absolute atomic E-state index is 0.390. The Bertz CT molecular complexity index is 728. The van der Waals surface area contributed by atoms with E-state index in [9.17, 15) is 0 Å². The molecular weight excluding hydrogens is 400 g/mol. The lowest BCUT2D eigenvalue weighted by Gasteiger charge is -2.24. The number of hydrogen-bond donors (Lipinski definition) is 2. The van der Waals surface area contributed by atoms with Crippen LogP contribution in [0.15, 0.2) is 53.4 Å². The summed E-state index contributed by atoms with van der Waals surface area (Å²) < 4.78 is 5.94. The zero-order valence-electron chi connectivity index (χ0n) is 19.9. The molecule has 0 saturated carbocycles. The van der Waals surface area contributed by atoms with Gasteiger partial charge in [-0.15, -0.1) is 11.8 Å². The number of ether oxygens (including phenoxy) is 1. The van der Waals surface area contributed by atoms with Crippen molar-refractivity contribution >= 4 is 11.8 Å². The van der Waals surface area contributed by atoms with E-state index in [1.165, 1.54) is 22.4 Å². The van der Waals surface area contributed by atoms with Crippen LogP contribution in [0.3, 0.4) is 0 Å². The van der Waals surface area contributed by atoms with E-state index in [0.29, 0.717) is 24.5 Å². The van der Waals surface area contributed by atoms with Crippen molar-refractivity contribution in [3.8, 4) is 5.75 Å². The van der Waals surface area contributed by atoms with Crippen molar-refractivity contribution in [3.05, 3.63) is 59.7 Å². The van der Waals surface area contributed by atoms with Gasteiger partial charge in [-0.1, -0.05) is 58.4 Å². The zero-order valence-corrected chi connectivity index (χ0v) is 20.7. The summed E-state index contributed by atoms with van der Waals surface area (Å²) in [6.45, 7) is 10.3. The highest BCUT2D eigenvalue weighted by molar-refractivity contribution is 7.99. The van der Waals surface area contributed by atoms with Crippen molar-refractivity contribution in [2.75, 3.05) is 18.9 Å². The fourth-order valence-corrected chi connectivity index (χ4v) is 4.53. The number of nitrogens with two attached hydrogens (primary N) is 1. The lowest BCUT2D eigenvalue weighted by molar-refractivity contribution is 0.309. The van der Waals surface area contributed by atoms with Gasteiger partial charge in [0.15, 0.2) is 0 Å². The molecule has 0 fully saturated rings. The molecular formula is C27H42N2OS. The molecule has 2 unspecified atom stereocenters. The van der Waals surface area contributed by atoms with Crippen LogP contribution in [0, 0.1) is 0 Å². The molecule has 0 saturated heterocycles. The van der Waals surface area contributed by atoms with Crippen LogP contribution in [0.4, 0.5) is 0 Å². The molecule has 0 heterocycles. The number of thioether (sulfide) groups is 1. The van der Waals surface area contributed by atoms with E-state index in [1.54, 1.807) is 0 Å². The van der Waals surface area contributed by atoms with Gasteiger partial charge in [-0.2, -0.15) is 0 Å². The van der Waals surface area contributed by atoms with Crippen LogP contribution in [0.5, 0.6) is 5.75 Å². The second kappa shape index (κ2) is 14.5. The van der Waals surface area contributed by atoms with E-state index < -0.39 is 0 Å². The first-order chi connectivity index (χ1) is 15.1. The van der Waals surface area contributed by atoms with Gasteiger partial charge in [0, 0.05) is 23.5 Å². The van der Waals surface area contributed by atoms with Crippen LogP contribution in [-0.4, -0.2) is 24.9 Å². The fraction of sp³-hybridized carbons (Fsp3) is 0.556. The smallest absolute Gasteiger partial charge is 0.119 e. The average molecular weight is 443 g/mol. The Labute approximate surface area is 194 Å². The number of unbranched alkanes of at least 4 members (excludes halogenated alkanes) is 1. The fourth-order valence-electron chi connectivity index (χ4n) is 3.62. The summed E-state index contributed by atoms with van der Waals surface area (Å²) in [7, 11) is 0. The summed E-state index contributed by atoms with van der Waals surface area (Å²) in [4.78, 5) is 1.34.